The van der Waals surface area contributed by atoms with Crippen molar-refractivity contribution in [3.8, 4) is 0 Å². The van der Waals surface area contributed by atoms with Crippen molar-refractivity contribution in [2.75, 3.05) is 6.29 Å². The van der Waals surface area contributed by atoms with Gasteiger partial charge in [0.1, 0.15) is 0 Å². The molecule has 0 heterocycles. The topological polar surface area (TPSA) is 49.3 Å². The SMILES string of the molecule is CCC(C)NCP(=O)(O)c1ccccc1. The predicted octanol–water partition coefficient (Wildman–Crippen LogP) is 1.93. The predicted molar refractivity (Wildman–Crippen MR) is 63.7 cm³/mol. The highest BCUT2D eigenvalue weighted by molar-refractivity contribution is 7.66. The number of rotatable bonds is 5. The number of nitrogens with one attached hydrogen (secondary N) is 1. The molecule has 4 heteroatoms. The van der Waals surface area contributed by atoms with E-state index in [4.69, 9.17) is 0 Å². The summed E-state index contributed by atoms with van der Waals surface area (Å²) in [5, 5.41) is 3.57. The summed E-state index contributed by atoms with van der Waals surface area (Å²) >= 11 is 0. The lowest BCUT2D eigenvalue weighted by Gasteiger charge is -2.16. The molecule has 0 fully saturated rings. The van der Waals surface area contributed by atoms with Crippen LogP contribution in [0.25, 0.3) is 0 Å². The second kappa shape index (κ2) is 5.45. The molecule has 0 aliphatic rings. The first kappa shape index (κ1) is 12.4. The van der Waals surface area contributed by atoms with Crippen LogP contribution in [0.15, 0.2) is 30.3 Å². The molecule has 0 aromatic heterocycles. The fourth-order valence-electron chi connectivity index (χ4n) is 1.18. The second-order valence-electron chi connectivity index (χ2n) is 3.71. The second-order valence-corrected chi connectivity index (χ2v) is 5.94. The van der Waals surface area contributed by atoms with Crippen LogP contribution in [0.2, 0.25) is 0 Å². The molecular formula is C11H18NO2P. The average molecular weight is 227 g/mol. The van der Waals surface area contributed by atoms with Crippen molar-refractivity contribution in [1.29, 1.82) is 0 Å². The van der Waals surface area contributed by atoms with Crippen LogP contribution in [0.4, 0.5) is 0 Å². The van der Waals surface area contributed by atoms with E-state index >= 15 is 0 Å². The van der Waals surface area contributed by atoms with Gasteiger partial charge in [-0.25, -0.2) is 0 Å². The van der Waals surface area contributed by atoms with Gasteiger partial charge in [0.15, 0.2) is 0 Å². The van der Waals surface area contributed by atoms with E-state index in [1.165, 1.54) is 0 Å². The molecule has 0 spiro atoms. The Morgan fingerprint density at radius 2 is 2.00 bits per heavy atom. The van der Waals surface area contributed by atoms with Gasteiger partial charge in [-0.2, -0.15) is 0 Å². The van der Waals surface area contributed by atoms with Crippen molar-refractivity contribution in [3.63, 3.8) is 0 Å². The number of hydrogen-bond acceptors (Lipinski definition) is 2. The van der Waals surface area contributed by atoms with Crippen molar-refractivity contribution in [3.05, 3.63) is 30.3 Å². The smallest absolute Gasteiger partial charge is 0.242 e. The zero-order valence-electron chi connectivity index (χ0n) is 9.18. The average Bonchev–Trinajstić information content (AvgIpc) is 2.27. The molecule has 1 aromatic carbocycles. The van der Waals surface area contributed by atoms with E-state index in [0.29, 0.717) is 5.30 Å². The van der Waals surface area contributed by atoms with E-state index in [-0.39, 0.29) is 12.3 Å². The van der Waals surface area contributed by atoms with Gasteiger partial charge in [0.2, 0.25) is 7.37 Å². The molecule has 0 aliphatic heterocycles. The summed E-state index contributed by atoms with van der Waals surface area (Å²) in [6, 6.07) is 9.06. The molecule has 1 rings (SSSR count). The summed E-state index contributed by atoms with van der Waals surface area (Å²) < 4.78 is 11.9. The maximum Gasteiger partial charge on any atom is 0.242 e. The van der Waals surface area contributed by atoms with Crippen molar-refractivity contribution < 1.29 is 9.46 Å². The Morgan fingerprint density at radius 3 is 2.53 bits per heavy atom. The van der Waals surface area contributed by atoms with E-state index in [9.17, 15) is 9.46 Å². The lowest BCUT2D eigenvalue weighted by molar-refractivity contribution is 0.472. The van der Waals surface area contributed by atoms with Crippen molar-refractivity contribution in [2.45, 2.75) is 26.3 Å². The number of benzene rings is 1. The molecule has 3 nitrogen and oxygen atoms in total. The highest BCUT2D eigenvalue weighted by Gasteiger charge is 2.20. The third-order valence-electron chi connectivity index (χ3n) is 2.43. The molecule has 2 N–H and O–H groups in total. The fourth-order valence-corrected chi connectivity index (χ4v) is 2.56. The summed E-state index contributed by atoms with van der Waals surface area (Å²) in [6.07, 6.45) is 1.10. The minimum atomic E-state index is -3.22. The van der Waals surface area contributed by atoms with E-state index < -0.39 is 7.37 Å². The van der Waals surface area contributed by atoms with Gasteiger partial charge in [-0.15, -0.1) is 0 Å². The van der Waals surface area contributed by atoms with Gasteiger partial charge < -0.3 is 10.2 Å². The van der Waals surface area contributed by atoms with Crippen molar-refractivity contribution in [2.24, 2.45) is 0 Å². The van der Waals surface area contributed by atoms with Crippen LogP contribution < -0.4 is 10.6 Å². The van der Waals surface area contributed by atoms with Crippen LogP contribution in [-0.4, -0.2) is 17.2 Å². The summed E-state index contributed by atoms with van der Waals surface area (Å²) in [4.78, 5) is 9.82. The summed E-state index contributed by atoms with van der Waals surface area (Å²) in [5.74, 6) is 0. The van der Waals surface area contributed by atoms with E-state index in [1.807, 2.05) is 19.9 Å². The summed E-state index contributed by atoms with van der Waals surface area (Å²) in [5.41, 5.74) is 0. The molecule has 15 heavy (non-hydrogen) atoms. The standard InChI is InChI=1S/C11H18NO2P/c1-3-10(2)12-9-15(13,14)11-7-5-4-6-8-11/h4-8,10,12H,3,9H2,1-2H3,(H,13,14). The fraction of sp³-hybridized carbons (Fsp3) is 0.455. The Bertz CT molecular complexity index is 340. The third kappa shape index (κ3) is 3.78. The van der Waals surface area contributed by atoms with Crippen LogP contribution >= 0.6 is 7.37 Å². The Balaban J connectivity index is 2.64. The van der Waals surface area contributed by atoms with Crippen LogP contribution in [0.5, 0.6) is 0 Å². The van der Waals surface area contributed by atoms with Gasteiger partial charge in [0.05, 0.1) is 6.29 Å². The zero-order chi connectivity index (χ0) is 11.3. The Labute approximate surface area is 91.0 Å². The Morgan fingerprint density at radius 1 is 1.40 bits per heavy atom. The van der Waals surface area contributed by atoms with Gasteiger partial charge in [-0.3, -0.25) is 4.57 Å². The molecule has 2 unspecified atom stereocenters. The van der Waals surface area contributed by atoms with Crippen LogP contribution in [-0.2, 0) is 4.57 Å². The minimum absolute atomic E-state index is 0.145. The summed E-state index contributed by atoms with van der Waals surface area (Å²) in [6.45, 7) is 4.05. The van der Waals surface area contributed by atoms with Crippen molar-refractivity contribution >= 4 is 12.7 Å². The molecule has 0 bridgehead atoms. The lowest BCUT2D eigenvalue weighted by atomic mass is 10.3. The normalized spacial score (nSPS) is 17.0. The molecule has 0 amide bonds. The summed E-state index contributed by atoms with van der Waals surface area (Å²) in [7, 11) is -3.22. The van der Waals surface area contributed by atoms with Gasteiger partial charge in [-0.05, 0) is 25.5 Å². The van der Waals surface area contributed by atoms with Gasteiger partial charge in [-0.1, -0.05) is 25.1 Å². The first-order valence-corrected chi connectivity index (χ1v) is 7.01. The molecule has 0 radical (unpaired) electrons. The minimum Gasteiger partial charge on any atom is -0.340 e. The highest BCUT2D eigenvalue weighted by Crippen LogP contribution is 2.37. The Kier molecular flexibility index (Phi) is 4.52. The first-order valence-electron chi connectivity index (χ1n) is 5.17. The molecular weight excluding hydrogens is 209 g/mol. The van der Waals surface area contributed by atoms with Gasteiger partial charge in [0, 0.05) is 11.3 Å². The molecule has 0 aliphatic carbocycles. The van der Waals surface area contributed by atoms with E-state index in [2.05, 4.69) is 5.32 Å². The molecule has 0 saturated heterocycles. The van der Waals surface area contributed by atoms with E-state index in [0.717, 1.165) is 6.42 Å². The lowest BCUT2D eigenvalue weighted by Crippen LogP contribution is -2.28. The largest absolute Gasteiger partial charge is 0.340 e. The number of hydrogen-bond donors (Lipinski definition) is 2. The maximum atomic E-state index is 11.9. The zero-order valence-corrected chi connectivity index (χ0v) is 10.1. The monoisotopic (exact) mass is 227 g/mol. The molecule has 1 aromatic rings. The van der Waals surface area contributed by atoms with Gasteiger partial charge >= 0.3 is 0 Å². The molecule has 2 atom stereocenters. The van der Waals surface area contributed by atoms with Crippen molar-refractivity contribution in [1.82, 2.24) is 5.32 Å². The van der Waals surface area contributed by atoms with E-state index in [1.54, 1.807) is 24.3 Å². The third-order valence-corrected chi connectivity index (χ3v) is 4.14. The van der Waals surface area contributed by atoms with Crippen LogP contribution in [0, 0.1) is 0 Å². The van der Waals surface area contributed by atoms with Crippen LogP contribution in [0.1, 0.15) is 20.3 Å². The van der Waals surface area contributed by atoms with Gasteiger partial charge in [0.25, 0.3) is 0 Å². The maximum absolute atomic E-state index is 11.9. The first-order chi connectivity index (χ1) is 7.06. The van der Waals surface area contributed by atoms with Crippen LogP contribution in [0.3, 0.4) is 0 Å². The highest BCUT2D eigenvalue weighted by atomic mass is 31.2. The Hall–Kier alpha value is -0.630. The molecule has 84 valence electrons. The molecule has 0 saturated carbocycles. The quantitative estimate of drug-likeness (QED) is 0.756.